The van der Waals surface area contributed by atoms with Gasteiger partial charge in [0, 0.05) is 18.0 Å². The first kappa shape index (κ1) is 13.8. The lowest BCUT2D eigenvalue weighted by Gasteiger charge is -2.13. The molecule has 0 amide bonds. The van der Waals surface area contributed by atoms with Crippen LogP contribution in [-0.2, 0) is 4.79 Å². The highest BCUT2D eigenvalue weighted by Gasteiger charge is 2.21. The second-order valence-corrected chi connectivity index (χ2v) is 3.81. The fourth-order valence-corrected chi connectivity index (χ4v) is 1.43. The molecule has 0 aliphatic carbocycles. The number of hydrogen-bond acceptors (Lipinski definition) is 2. The fraction of sp³-hybridized carbons (Fsp3) is 0.300. The molecule has 0 aliphatic rings. The Morgan fingerprint density at radius 1 is 1.41 bits per heavy atom. The molecule has 0 saturated heterocycles. The van der Waals surface area contributed by atoms with E-state index in [0.29, 0.717) is 6.07 Å². The molecule has 7 heteroatoms. The minimum atomic E-state index is -1.52. The molecular weight excluding hydrogens is 259 g/mol. The lowest BCUT2D eigenvalue weighted by molar-refractivity contribution is -0.137. The Balaban J connectivity index is 3.02. The topological polar surface area (TPSA) is 63.3 Å². The van der Waals surface area contributed by atoms with Gasteiger partial charge in [0.25, 0.3) is 0 Å². The van der Waals surface area contributed by atoms with Crippen molar-refractivity contribution in [1.29, 1.82) is 0 Å². The molecule has 0 saturated carbocycles. The molecule has 0 heterocycles. The SMILES string of the molecule is NC(CCC(=O)O)c1cc(F)c(Cl)c(F)c1F. The molecule has 1 unspecified atom stereocenters. The van der Waals surface area contributed by atoms with E-state index in [-0.39, 0.29) is 12.8 Å². The molecule has 1 aromatic rings. The average molecular weight is 268 g/mol. The molecule has 1 aromatic carbocycles. The summed E-state index contributed by atoms with van der Waals surface area (Å²) in [6.45, 7) is 0. The summed E-state index contributed by atoms with van der Waals surface area (Å²) in [7, 11) is 0. The number of carboxylic acids is 1. The molecule has 0 aromatic heterocycles. The van der Waals surface area contributed by atoms with Crippen LogP contribution >= 0.6 is 11.6 Å². The molecule has 94 valence electrons. The van der Waals surface area contributed by atoms with Gasteiger partial charge in [0.2, 0.25) is 0 Å². The van der Waals surface area contributed by atoms with Crippen LogP contribution in [0.15, 0.2) is 6.07 Å². The summed E-state index contributed by atoms with van der Waals surface area (Å²) in [5.74, 6) is -5.14. The Labute approximate surface area is 100.0 Å². The number of nitrogens with two attached hydrogens (primary N) is 1. The van der Waals surface area contributed by atoms with Crippen molar-refractivity contribution < 1.29 is 23.1 Å². The van der Waals surface area contributed by atoms with Crippen LogP contribution in [0.5, 0.6) is 0 Å². The van der Waals surface area contributed by atoms with Crippen molar-refractivity contribution in [3.8, 4) is 0 Å². The monoisotopic (exact) mass is 267 g/mol. The summed E-state index contributed by atoms with van der Waals surface area (Å²) in [4.78, 5) is 10.3. The number of aliphatic carboxylic acids is 1. The van der Waals surface area contributed by atoms with Crippen LogP contribution in [0.25, 0.3) is 0 Å². The summed E-state index contributed by atoms with van der Waals surface area (Å²) < 4.78 is 39.5. The number of rotatable bonds is 4. The highest BCUT2D eigenvalue weighted by molar-refractivity contribution is 6.30. The van der Waals surface area contributed by atoms with Gasteiger partial charge in [0.05, 0.1) is 0 Å². The zero-order chi connectivity index (χ0) is 13.2. The zero-order valence-corrected chi connectivity index (χ0v) is 9.27. The molecule has 0 aliphatic heterocycles. The third kappa shape index (κ3) is 3.10. The zero-order valence-electron chi connectivity index (χ0n) is 8.51. The van der Waals surface area contributed by atoms with Crippen molar-refractivity contribution in [1.82, 2.24) is 0 Å². The maximum Gasteiger partial charge on any atom is 0.303 e. The van der Waals surface area contributed by atoms with E-state index in [1.165, 1.54) is 0 Å². The van der Waals surface area contributed by atoms with Gasteiger partial charge in [-0.1, -0.05) is 11.6 Å². The average Bonchev–Trinajstić information content (AvgIpc) is 2.28. The minimum absolute atomic E-state index is 0.132. The van der Waals surface area contributed by atoms with E-state index in [0.717, 1.165) is 0 Å². The number of hydrogen-bond donors (Lipinski definition) is 2. The van der Waals surface area contributed by atoms with Gasteiger partial charge in [0.15, 0.2) is 11.6 Å². The van der Waals surface area contributed by atoms with E-state index >= 15 is 0 Å². The number of carboxylic acid groups (broad SMARTS) is 1. The third-order valence-electron chi connectivity index (χ3n) is 2.20. The van der Waals surface area contributed by atoms with Crippen molar-refractivity contribution in [2.24, 2.45) is 5.73 Å². The van der Waals surface area contributed by atoms with Gasteiger partial charge >= 0.3 is 5.97 Å². The standard InChI is InChI=1S/C10H9ClF3NO2/c11-8-5(12)3-4(9(13)10(8)14)6(15)1-2-7(16)17/h3,6H,1-2,15H2,(H,16,17). The van der Waals surface area contributed by atoms with Crippen LogP contribution in [0.4, 0.5) is 13.2 Å². The lowest BCUT2D eigenvalue weighted by atomic mass is 10.0. The maximum atomic E-state index is 13.4. The molecule has 0 radical (unpaired) electrons. The normalized spacial score (nSPS) is 12.5. The van der Waals surface area contributed by atoms with Gasteiger partial charge in [0.1, 0.15) is 10.8 Å². The fourth-order valence-electron chi connectivity index (χ4n) is 1.30. The predicted molar refractivity (Wildman–Crippen MR) is 55.1 cm³/mol. The summed E-state index contributed by atoms with van der Waals surface area (Å²) >= 11 is 5.16. The van der Waals surface area contributed by atoms with Crippen LogP contribution < -0.4 is 5.73 Å². The minimum Gasteiger partial charge on any atom is -0.481 e. The van der Waals surface area contributed by atoms with Gasteiger partial charge < -0.3 is 10.8 Å². The summed E-state index contributed by atoms with van der Waals surface area (Å²) in [5.41, 5.74) is 5.03. The van der Waals surface area contributed by atoms with Crippen molar-refractivity contribution in [3.05, 3.63) is 34.1 Å². The van der Waals surface area contributed by atoms with Crippen molar-refractivity contribution >= 4 is 17.6 Å². The molecule has 3 N–H and O–H groups in total. The van der Waals surface area contributed by atoms with E-state index in [1.807, 2.05) is 0 Å². The van der Waals surface area contributed by atoms with Crippen molar-refractivity contribution in [2.45, 2.75) is 18.9 Å². The summed E-state index contributed by atoms with van der Waals surface area (Å²) in [6.07, 6.45) is -0.459. The molecule has 3 nitrogen and oxygen atoms in total. The first-order chi connectivity index (χ1) is 7.84. The predicted octanol–water partition coefficient (Wildman–Crippen LogP) is 2.62. The molecule has 1 atom stereocenters. The quantitative estimate of drug-likeness (QED) is 0.651. The highest BCUT2D eigenvalue weighted by atomic mass is 35.5. The Bertz CT molecular complexity index is 454. The van der Waals surface area contributed by atoms with Gasteiger partial charge in [-0.2, -0.15) is 0 Å². The van der Waals surface area contributed by atoms with E-state index in [2.05, 4.69) is 0 Å². The lowest BCUT2D eigenvalue weighted by Crippen LogP contribution is -2.15. The molecule has 17 heavy (non-hydrogen) atoms. The number of halogens is 4. The largest absolute Gasteiger partial charge is 0.481 e. The van der Waals surface area contributed by atoms with Crippen LogP contribution in [-0.4, -0.2) is 11.1 Å². The van der Waals surface area contributed by atoms with E-state index < -0.39 is 40.0 Å². The Morgan fingerprint density at radius 3 is 2.53 bits per heavy atom. The van der Waals surface area contributed by atoms with Crippen molar-refractivity contribution in [2.75, 3.05) is 0 Å². The first-order valence-corrected chi connectivity index (χ1v) is 5.02. The molecule has 0 spiro atoms. The summed E-state index contributed by atoms with van der Waals surface area (Å²) in [6, 6.07) is -0.430. The Morgan fingerprint density at radius 2 is 2.00 bits per heavy atom. The number of benzene rings is 1. The Kier molecular flexibility index (Phi) is 4.36. The molecule has 0 bridgehead atoms. The van der Waals surface area contributed by atoms with Crippen LogP contribution in [0.3, 0.4) is 0 Å². The Hall–Kier alpha value is -1.27. The smallest absolute Gasteiger partial charge is 0.303 e. The second kappa shape index (κ2) is 5.37. The van der Waals surface area contributed by atoms with Gasteiger partial charge in [-0.05, 0) is 12.5 Å². The third-order valence-corrected chi connectivity index (χ3v) is 2.55. The molecular formula is C10H9ClF3NO2. The number of carbonyl (C=O) groups is 1. The van der Waals surface area contributed by atoms with E-state index in [9.17, 15) is 18.0 Å². The van der Waals surface area contributed by atoms with E-state index in [1.54, 1.807) is 0 Å². The van der Waals surface area contributed by atoms with Crippen molar-refractivity contribution in [3.63, 3.8) is 0 Å². The first-order valence-electron chi connectivity index (χ1n) is 4.64. The molecule has 0 fully saturated rings. The van der Waals surface area contributed by atoms with Crippen LogP contribution in [0.1, 0.15) is 24.4 Å². The van der Waals surface area contributed by atoms with Gasteiger partial charge in [-0.3, -0.25) is 4.79 Å². The highest BCUT2D eigenvalue weighted by Crippen LogP contribution is 2.28. The van der Waals surface area contributed by atoms with Gasteiger partial charge in [-0.25, -0.2) is 13.2 Å². The van der Waals surface area contributed by atoms with Gasteiger partial charge in [-0.15, -0.1) is 0 Å². The van der Waals surface area contributed by atoms with Crippen LogP contribution in [0, 0.1) is 17.5 Å². The second-order valence-electron chi connectivity index (χ2n) is 3.43. The van der Waals surface area contributed by atoms with Crippen LogP contribution in [0.2, 0.25) is 5.02 Å². The maximum absolute atomic E-state index is 13.4. The summed E-state index contributed by atoms with van der Waals surface area (Å²) in [5, 5.41) is 7.47. The van der Waals surface area contributed by atoms with E-state index in [4.69, 9.17) is 22.4 Å². The molecule has 1 rings (SSSR count).